The van der Waals surface area contributed by atoms with E-state index in [2.05, 4.69) is 4.98 Å². The summed E-state index contributed by atoms with van der Waals surface area (Å²) in [5.41, 5.74) is 0.929. The molecule has 1 aromatic carbocycles. The molecule has 2 aliphatic rings. The third-order valence-electron chi connectivity index (χ3n) is 4.22. The Morgan fingerprint density at radius 3 is 3.04 bits per heavy atom. The van der Waals surface area contributed by atoms with Gasteiger partial charge in [0, 0.05) is 25.2 Å². The van der Waals surface area contributed by atoms with Crippen LogP contribution in [0.25, 0.3) is 0 Å². The van der Waals surface area contributed by atoms with Crippen LogP contribution in [-0.2, 0) is 11.2 Å². The lowest BCUT2D eigenvalue weighted by Crippen LogP contribution is -2.32. The number of benzene rings is 1. The molecule has 0 unspecified atom stereocenters. The summed E-state index contributed by atoms with van der Waals surface area (Å²) in [6.45, 7) is 1.55. The maximum atomic E-state index is 12.5. The van der Waals surface area contributed by atoms with Crippen molar-refractivity contribution in [2.75, 3.05) is 19.9 Å². The van der Waals surface area contributed by atoms with Gasteiger partial charge in [0.05, 0.1) is 13.0 Å². The predicted octanol–water partition coefficient (Wildman–Crippen LogP) is 2.03. The van der Waals surface area contributed by atoms with Gasteiger partial charge in [-0.05, 0) is 23.8 Å². The van der Waals surface area contributed by atoms with E-state index in [1.54, 1.807) is 6.20 Å². The molecule has 1 saturated heterocycles. The van der Waals surface area contributed by atoms with E-state index < -0.39 is 0 Å². The van der Waals surface area contributed by atoms with Crippen molar-refractivity contribution in [3.05, 3.63) is 48.2 Å². The zero-order valence-electron chi connectivity index (χ0n) is 13.2. The Balaban J connectivity index is 1.34. The number of nitrogens with zero attached hydrogens (tertiary/aromatic N) is 2. The number of hydrogen-bond acceptors (Lipinski definition) is 5. The molecule has 1 fully saturated rings. The van der Waals surface area contributed by atoms with Crippen molar-refractivity contribution >= 4 is 5.91 Å². The van der Waals surface area contributed by atoms with Gasteiger partial charge < -0.3 is 19.1 Å². The molecular formula is C18H18N2O4. The van der Waals surface area contributed by atoms with Crippen LogP contribution in [0.5, 0.6) is 17.4 Å². The standard InChI is InChI=1S/C18H18N2O4/c21-18(10-13-4-5-15-16(9-13)23-12-22-15)20-8-6-14(11-20)24-17-3-1-2-7-19-17/h1-5,7,9,14H,6,8,10-12H2/t14-/m1/s1. The second kappa shape index (κ2) is 6.39. The van der Waals surface area contributed by atoms with Crippen molar-refractivity contribution in [1.82, 2.24) is 9.88 Å². The summed E-state index contributed by atoms with van der Waals surface area (Å²) in [6, 6.07) is 11.2. The highest BCUT2D eigenvalue weighted by Crippen LogP contribution is 2.32. The van der Waals surface area contributed by atoms with E-state index in [1.165, 1.54) is 0 Å². The van der Waals surface area contributed by atoms with Gasteiger partial charge in [0.1, 0.15) is 6.10 Å². The third-order valence-corrected chi connectivity index (χ3v) is 4.22. The summed E-state index contributed by atoms with van der Waals surface area (Å²) in [6.07, 6.45) is 2.88. The van der Waals surface area contributed by atoms with Crippen LogP contribution in [-0.4, -0.2) is 41.8 Å². The maximum absolute atomic E-state index is 12.5. The Kier molecular flexibility index (Phi) is 3.94. The molecule has 6 nitrogen and oxygen atoms in total. The first-order valence-electron chi connectivity index (χ1n) is 8.02. The molecule has 2 aliphatic heterocycles. The molecule has 6 heteroatoms. The first-order valence-corrected chi connectivity index (χ1v) is 8.02. The van der Waals surface area contributed by atoms with Crippen molar-refractivity contribution in [3.8, 4) is 17.4 Å². The SMILES string of the molecule is O=C(Cc1ccc2c(c1)OCO2)N1CC[C@@H](Oc2ccccn2)C1. The van der Waals surface area contributed by atoms with Gasteiger partial charge in [-0.3, -0.25) is 4.79 Å². The quantitative estimate of drug-likeness (QED) is 0.860. The summed E-state index contributed by atoms with van der Waals surface area (Å²) >= 11 is 0. The van der Waals surface area contributed by atoms with Gasteiger partial charge >= 0.3 is 0 Å². The Hall–Kier alpha value is -2.76. The molecule has 0 bridgehead atoms. The number of likely N-dealkylation sites (tertiary alicyclic amines) is 1. The van der Waals surface area contributed by atoms with Gasteiger partial charge in [-0.1, -0.05) is 12.1 Å². The van der Waals surface area contributed by atoms with Crippen LogP contribution in [0.15, 0.2) is 42.6 Å². The average molecular weight is 326 g/mol. The zero-order valence-corrected chi connectivity index (χ0v) is 13.2. The first-order chi connectivity index (χ1) is 11.8. The molecule has 0 spiro atoms. The van der Waals surface area contributed by atoms with Crippen LogP contribution in [0, 0.1) is 0 Å². The molecule has 0 aliphatic carbocycles. The highest BCUT2D eigenvalue weighted by molar-refractivity contribution is 5.79. The summed E-state index contributed by atoms with van der Waals surface area (Å²) in [7, 11) is 0. The number of ether oxygens (including phenoxy) is 3. The fourth-order valence-corrected chi connectivity index (χ4v) is 2.98. The summed E-state index contributed by atoms with van der Waals surface area (Å²) in [5.74, 6) is 2.14. The second-order valence-electron chi connectivity index (χ2n) is 5.90. The van der Waals surface area contributed by atoms with Crippen molar-refractivity contribution < 1.29 is 19.0 Å². The summed E-state index contributed by atoms with van der Waals surface area (Å²) in [4.78, 5) is 18.5. The summed E-state index contributed by atoms with van der Waals surface area (Å²) in [5, 5.41) is 0. The number of pyridine rings is 1. The van der Waals surface area contributed by atoms with E-state index in [1.807, 2.05) is 41.3 Å². The van der Waals surface area contributed by atoms with Gasteiger partial charge in [0.15, 0.2) is 11.5 Å². The number of fused-ring (bicyclic) bond motifs is 1. The highest BCUT2D eigenvalue weighted by Gasteiger charge is 2.28. The van der Waals surface area contributed by atoms with Crippen LogP contribution < -0.4 is 14.2 Å². The minimum Gasteiger partial charge on any atom is -0.472 e. The first kappa shape index (κ1) is 14.8. The zero-order chi connectivity index (χ0) is 16.4. The maximum Gasteiger partial charge on any atom is 0.231 e. The molecule has 3 heterocycles. The monoisotopic (exact) mass is 326 g/mol. The molecule has 1 aromatic heterocycles. The lowest BCUT2D eigenvalue weighted by atomic mass is 10.1. The summed E-state index contributed by atoms with van der Waals surface area (Å²) < 4.78 is 16.5. The number of aromatic nitrogens is 1. The third kappa shape index (κ3) is 3.13. The van der Waals surface area contributed by atoms with E-state index in [4.69, 9.17) is 14.2 Å². The highest BCUT2D eigenvalue weighted by atomic mass is 16.7. The molecule has 1 atom stereocenters. The van der Waals surface area contributed by atoms with Crippen LogP contribution in [0.4, 0.5) is 0 Å². The molecule has 0 N–H and O–H groups in total. The van der Waals surface area contributed by atoms with Crippen LogP contribution >= 0.6 is 0 Å². The second-order valence-corrected chi connectivity index (χ2v) is 5.90. The molecule has 1 amide bonds. The Labute approximate surface area is 140 Å². The molecule has 124 valence electrons. The van der Waals surface area contributed by atoms with Crippen molar-refractivity contribution in [1.29, 1.82) is 0 Å². The largest absolute Gasteiger partial charge is 0.472 e. The van der Waals surface area contributed by atoms with Gasteiger partial charge in [-0.15, -0.1) is 0 Å². The Bertz CT molecular complexity index is 735. The van der Waals surface area contributed by atoms with Crippen LogP contribution in [0.3, 0.4) is 0 Å². The van der Waals surface area contributed by atoms with Gasteiger partial charge in [-0.2, -0.15) is 0 Å². The van der Waals surface area contributed by atoms with Gasteiger partial charge in [-0.25, -0.2) is 4.98 Å². The number of carbonyl (C=O) groups is 1. The molecule has 0 radical (unpaired) electrons. The normalized spacial score (nSPS) is 18.7. The molecule has 4 rings (SSSR count). The predicted molar refractivity (Wildman–Crippen MR) is 86.1 cm³/mol. The van der Waals surface area contributed by atoms with Crippen molar-refractivity contribution in [2.45, 2.75) is 18.9 Å². The van der Waals surface area contributed by atoms with Crippen LogP contribution in [0.1, 0.15) is 12.0 Å². The Morgan fingerprint density at radius 2 is 2.17 bits per heavy atom. The molecule has 24 heavy (non-hydrogen) atoms. The Morgan fingerprint density at radius 1 is 1.25 bits per heavy atom. The minimum atomic E-state index is 0.000559. The van der Waals surface area contributed by atoms with E-state index in [-0.39, 0.29) is 18.8 Å². The molecule has 2 aromatic rings. The van der Waals surface area contributed by atoms with E-state index in [0.717, 1.165) is 17.7 Å². The van der Waals surface area contributed by atoms with E-state index >= 15 is 0 Å². The molecular weight excluding hydrogens is 308 g/mol. The fourth-order valence-electron chi connectivity index (χ4n) is 2.98. The number of hydrogen-bond donors (Lipinski definition) is 0. The lowest BCUT2D eigenvalue weighted by molar-refractivity contribution is -0.129. The van der Waals surface area contributed by atoms with E-state index in [0.29, 0.717) is 31.1 Å². The number of carbonyl (C=O) groups excluding carboxylic acids is 1. The average Bonchev–Trinajstić information content (AvgIpc) is 3.24. The van der Waals surface area contributed by atoms with E-state index in [9.17, 15) is 4.79 Å². The topological polar surface area (TPSA) is 60.9 Å². The number of amides is 1. The minimum absolute atomic E-state index is 0.000559. The lowest BCUT2D eigenvalue weighted by Gasteiger charge is -2.17. The fraction of sp³-hybridized carbons (Fsp3) is 0.333. The van der Waals surface area contributed by atoms with Crippen molar-refractivity contribution in [2.24, 2.45) is 0 Å². The molecule has 0 saturated carbocycles. The van der Waals surface area contributed by atoms with Gasteiger partial charge in [0.2, 0.25) is 18.6 Å². The van der Waals surface area contributed by atoms with Crippen LogP contribution in [0.2, 0.25) is 0 Å². The smallest absolute Gasteiger partial charge is 0.231 e. The van der Waals surface area contributed by atoms with Crippen molar-refractivity contribution in [3.63, 3.8) is 0 Å². The van der Waals surface area contributed by atoms with Gasteiger partial charge in [0.25, 0.3) is 0 Å². The number of rotatable bonds is 4.